The minimum absolute atomic E-state index is 0.255. The molecule has 0 N–H and O–H groups in total. The number of carbonyl (C=O) groups excluding carboxylic acids is 1. The van der Waals surface area contributed by atoms with Crippen molar-refractivity contribution in [3.05, 3.63) is 0 Å². The number of methoxy groups -OCH3 is 1. The molecule has 5 nitrogen and oxygen atoms in total. The maximum Gasteiger partial charge on any atom is 0.310 e. The highest BCUT2D eigenvalue weighted by Gasteiger charge is 2.33. The van der Waals surface area contributed by atoms with Gasteiger partial charge in [0.25, 0.3) is 0 Å². The summed E-state index contributed by atoms with van der Waals surface area (Å²) in [6.45, 7) is 0.671. The van der Waals surface area contributed by atoms with Gasteiger partial charge in [-0.25, -0.2) is 12.7 Å². The number of hydrogen-bond donors (Lipinski definition) is 0. The number of rotatable bonds is 2. The molecule has 0 saturated carbocycles. The van der Waals surface area contributed by atoms with E-state index in [2.05, 4.69) is 4.74 Å². The predicted molar refractivity (Wildman–Crippen MR) is 46.5 cm³/mol. The zero-order valence-corrected chi connectivity index (χ0v) is 8.50. The van der Waals surface area contributed by atoms with Gasteiger partial charge in [0.2, 0.25) is 10.0 Å². The predicted octanol–water partition coefficient (Wildman–Crippen LogP) is -0.559. The van der Waals surface area contributed by atoms with E-state index in [0.717, 1.165) is 6.26 Å². The highest BCUT2D eigenvalue weighted by molar-refractivity contribution is 7.88. The molecule has 13 heavy (non-hydrogen) atoms. The first-order valence-corrected chi connectivity index (χ1v) is 5.83. The Morgan fingerprint density at radius 1 is 1.54 bits per heavy atom. The number of esters is 1. The summed E-state index contributed by atoms with van der Waals surface area (Å²) in [5.74, 6) is -0.620. The van der Waals surface area contributed by atoms with Gasteiger partial charge in [-0.2, -0.15) is 0 Å². The standard InChI is InChI=1S/C7H13NO4S/c1-12-7(9)6-3-4-8(5-6)13(2,10)11/h6H,3-5H2,1-2H3/t6-/m0/s1. The third kappa shape index (κ3) is 2.41. The molecule has 0 aromatic carbocycles. The number of carbonyl (C=O) groups is 1. The SMILES string of the molecule is COC(=O)[C@H]1CCN(S(C)(=O)=O)C1. The highest BCUT2D eigenvalue weighted by Crippen LogP contribution is 2.19. The van der Waals surface area contributed by atoms with Crippen LogP contribution in [0.4, 0.5) is 0 Å². The molecule has 1 aliphatic rings. The molecular formula is C7H13NO4S. The molecule has 1 saturated heterocycles. The Bertz CT molecular complexity index is 298. The van der Waals surface area contributed by atoms with Crippen molar-refractivity contribution >= 4 is 16.0 Å². The summed E-state index contributed by atoms with van der Waals surface area (Å²) >= 11 is 0. The highest BCUT2D eigenvalue weighted by atomic mass is 32.2. The lowest BCUT2D eigenvalue weighted by Crippen LogP contribution is -2.29. The molecule has 6 heteroatoms. The Hall–Kier alpha value is -0.620. The molecule has 0 bridgehead atoms. The van der Waals surface area contributed by atoms with Gasteiger partial charge in [0.15, 0.2) is 0 Å². The largest absolute Gasteiger partial charge is 0.469 e. The van der Waals surface area contributed by atoms with E-state index in [1.165, 1.54) is 11.4 Å². The van der Waals surface area contributed by atoms with Gasteiger partial charge in [-0.1, -0.05) is 0 Å². The van der Waals surface area contributed by atoms with Crippen LogP contribution in [-0.4, -0.2) is 45.1 Å². The van der Waals surface area contributed by atoms with Crippen LogP contribution in [0.25, 0.3) is 0 Å². The van der Waals surface area contributed by atoms with E-state index in [1.807, 2.05) is 0 Å². The van der Waals surface area contributed by atoms with Gasteiger partial charge < -0.3 is 4.74 Å². The van der Waals surface area contributed by atoms with Crippen LogP contribution in [0.2, 0.25) is 0 Å². The van der Waals surface area contributed by atoms with Crippen LogP contribution in [0.5, 0.6) is 0 Å². The number of nitrogens with zero attached hydrogens (tertiary/aromatic N) is 1. The molecule has 0 amide bonds. The Balaban J connectivity index is 2.60. The van der Waals surface area contributed by atoms with Crippen molar-refractivity contribution in [3.63, 3.8) is 0 Å². The summed E-state index contributed by atoms with van der Waals surface area (Å²) < 4.78 is 28.0. The second-order valence-electron chi connectivity index (χ2n) is 3.13. The zero-order valence-electron chi connectivity index (χ0n) is 7.69. The summed E-state index contributed by atoms with van der Waals surface area (Å²) in [4.78, 5) is 11.0. The molecule has 0 aliphatic carbocycles. The van der Waals surface area contributed by atoms with Crippen LogP contribution in [0.15, 0.2) is 0 Å². The van der Waals surface area contributed by atoms with Crippen molar-refractivity contribution in [2.24, 2.45) is 5.92 Å². The quantitative estimate of drug-likeness (QED) is 0.569. The van der Waals surface area contributed by atoms with Crippen molar-refractivity contribution in [2.75, 3.05) is 26.5 Å². The normalized spacial score (nSPS) is 24.6. The van der Waals surface area contributed by atoms with Crippen LogP contribution >= 0.6 is 0 Å². The Morgan fingerprint density at radius 2 is 2.15 bits per heavy atom. The van der Waals surface area contributed by atoms with E-state index < -0.39 is 10.0 Å². The average molecular weight is 207 g/mol. The van der Waals surface area contributed by atoms with E-state index >= 15 is 0 Å². The first-order chi connectivity index (χ1) is 5.95. The lowest BCUT2D eigenvalue weighted by atomic mass is 10.1. The van der Waals surface area contributed by atoms with Gasteiger partial charge in [-0.05, 0) is 6.42 Å². The van der Waals surface area contributed by atoms with E-state index in [1.54, 1.807) is 0 Å². The molecule has 1 aliphatic heterocycles. The molecule has 1 rings (SSSR count). The Morgan fingerprint density at radius 3 is 2.54 bits per heavy atom. The Labute approximate surface area is 77.7 Å². The summed E-state index contributed by atoms with van der Waals surface area (Å²) in [7, 11) is -1.84. The van der Waals surface area contributed by atoms with E-state index in [-0.39, 0.29) is 18.4 Å². The third-order valence-corrected chi connectivity index (χ3v) is 3.42. The molecular weight excluding hydrogens is 194 g/mol. The fourth-order valence-electron chi connectivity index (χ4n) is 1.39. The van der Waals surface area contributed by atoms with Gasteiger partial charge in [0, 0.05) is 13.1 Å². The molecule has 0 radical (unpaired) electrons. The van der Waals surface area contributed by atoms with Crippen LogP contribution in [0, 0.1) is 5.92 Å². The number of sulfonamides is 1. The Kier molecular flexibility index (Phi) is 2.92. The molecule has 76 valence electrons. The summed E-state index contributed by atoms with van der Waals surface area (Å²) in [5, 5.41) is 0. The van der Waals surface area contributed by atoms with Crippen molar-refractivity contribution in [1.29, 1.82) is 0 Å². The minimum atomic E-state index is -3.15. The fourth-order valence-corrected chi connectivity index (χ4v) is 2.28. The number of ether oxygens (including phenoxy) is 1. The van der Waals surface area contributed by atoms with Crippen LogP contribution in [0.1, 0.15) is 6.42 Å². The van der Waals surface area contributed by atoms with Gasteiger partial charge in [-0.3, -0.25) is 4.79 Å². The fraction of sp³-hybridized carbons (Fsp3) is 0.857. The van der Waals surface area contributed by atoms with Crippen LogP contribution in [-0.2, 0) is 19.6 Å². The van der Waals surface area contributed by atoms with Crippen molar-refractivity contribution in [1.82, 2.24) is 4.31 Å². The van der Waals surface area contributed by atoms with Crippen molar-refractivity contribution in [2.45, 2.75) is 6.42 Å². The van der Waals surface area contributed by atoms with E-state index in [0.29, 0.717) is 13.0 Å². The molecule has 0 aromatic rings. The maximum absolute atomic E-state index is 11.1. The maximum atomic E-state index is 11.1. The lowest BCUT2D eigenvalue weighted by Gasteiger charge is -2.11. The molecule has 1 atom stereocenters. The van der Waals surface area contributed by atoms with Gasteiger partial charge >= 0.3 is 5.97 Å². The van der Waals surface area contributed by atoms with E-state index in [4.69, 9.17) is 0 Å². The molecule has 0 aromatic heterocycles. The molecule has 1 heterocycles. The second-order valence-corrected chi connectivity index (χ2v) is 5.11. The number of hydrogen-bond acceptors (Lipinski definition) is 4. The van der Waals surface area contributed by atoms with Crippen molar-refractivity contribution in [3.8, 4) is 0 Å². The topological polar surface area (TPSA) is 63.7 Å². The third-order valence-electron chi connectivity index (χ3n) is 2.15. The van der Waals surface area contributed by atoms with E-state index in [9.17, 15) is 13.2 Å². The van der Waals surface area contributed by atoms with Gasteiger partial charge in [0.1, 0.15) is 0 Å². The van der Waals surface area contributed by atoms with Crippen molar-refractivity contribution < 1.29 is 17.9 Å². The monoisotopic (exact) mass is 207 g/mol. The minimum Gasteiger partial charge on any atom is -0.469 e. The first kappa shape index (κ1) is 10.5. The smallest absolute Gasteiger partial charge is 0.310 e. The average Bonchev–Trinajstić information content (AvgIpc) is 2.50. The first-order valence-electron chi connectivity index (χ1n) is 3.98. The van der Waals surface area contributed by atoms with Gasteiger partial charge in [-0.15, -0.1) is 0 Å². The molecule has 0 unspecified atom stereocenters. The zero-order chi connectivity index (χ0) is 10.1. The van der Waals surface area contributed by atoms with Crippen LogP contribution < -0.4 is 0 Å². The van der Waals surface area contributed by atoms with Gasteiger partial charge in [0.05, 0.1) is 19.3 Å². The summed E-state index contributed by atoms with van der Waals surface area (Å²) in [6.07, 6.45) is 1.70. The lowest BCUT2D eigenvalue weighted by molar-refractivity contribution is -0.144. The molecule has 0 spiro atoms. The molecule has 1 fully saturated rings. The summed E-state index contributed by atoms with van der Waals surface area (Å²) in [5.41, 5.74) is 0. The van der Waals surface area contributed by atoms with Crippen LogP contribution in [0.3, 0.4) is 0 Å². The second kappa shape index (κ2) is 3.63. The summed E-state index contributed by atoms with van der Waals surface area (Å²) in [6, 6.07) is 0.